The van der Waals surface area contributed by atoms with Gasteiger partial charge in [-0.3, -0.25) is 4.21 Å². The zero-order valence-corrected chi connectivity index (χ0v) is 13.5. The molecule has 19 heavy (non-hydrogen) atoms. The van der Waals surface area contributed by atoms with Gasteiger partial charge in [-0.1, -0.05) is 0 Å². The molecule has 0 aliphatic heterocycles. The molecule has 1 aromatic carbocycles. The van der Waals surface area contributed by atoms with E-state index >= 15 is 0 Å². The fraction of sp³-hybridized carbons (Fsp3) is 0.400. The van der Waals surface area contributed by atoms with Gasteiger partial charge >= 0.3 is 0 Å². The molecule has 0 radical (unpaired) electrons. The average Bonchev–Trinajstić information content (AvgIpc) is 2.30. The van der Waals surface area contributed by atoms with Crippen molar-refractivity contribution in [3.63, 3.8) is 0 Å². The van der Waals surface area contributed by atoms with Crippen LogP contribution < -0.4 is 10.5 Å². The standard InChI is InChI=1S/C10H14BrFN2O3S2/c1-6(18(2)15)5-14-19(16,17)10-4-9(13)8(12)3-7(10)11/h3-4,6,14H,5,13H2,1-2H3. The first kappa shape index (κ1) is 16.5. The second-order valence-electron chi connectivity index (χ2n) is 3.97. The fourth-order valence-corrected chi connectivity index (χ4v) is 3.77. The number of benzene rings is 1. The number of sulfonamides is 1. The lowest BCUT2D eigenvalue weighted by Gasteiger charge is -2.12. The number of rotatable bonds is 5. The van der Waals surface area contributed by atoms with Crippen LogP contribution >= 0.6 is 15.9 Å². The SMILES string of the molecule is CC(CNS(=O)(=O)c1cc(N)c(F)cc1Br)S(C)=O. The molecule has 9 heteroatoms. The van der Waals surface area contributed by atoms with Crippen molar-refractivity contribution in [1.82, 2.24) is 4.72 Å². The van der Waals surface area contributed by atoms with E-state index in [4.69, 9.17) is 5.73 Å². The molecule has 3 N–H and O–H groups in total. The van der Waals surface area contributed by atoms with Crippen LogP contribution in [-0.2, 0) is 20.8 Å². The number of nitrogens with one attached hydrogen (secondary N) is 1. The van der Waals surface area contributed by atoms with Crippen LogP contribution in [-0.4, -0.2) is 30.7 Å². The summed E-state index contributed by atoms with van der Waals surface area (Å²) in [5, 5.41) is -0.327. The highest BCUT2D eigenvalue weighted by atomic mass is 79.9. The summed E-state index contributed by atoms with van der Waals surface area (Å²) in [4.78, 5) is -0.152. The van der Waals surface area contributed by atoms with E-state index in [0.717, 1.165) is 12.1 Å². The van der Waals surface area contributed by atoms with Gasteiger partial charge in [0.05, 0.1) is 10.6 Å². The van der Waals surface area contributed by atoms with Gasteiger partial charge in [-0.15, -0.1) is 0 Å². The smallest absolute Gasteiger partial charge is 0.241 e. The topological polar surface area (TPSA) is 89.3 Å². The Hall–Kier alpha value is -0.510. The molecule has 0 aliphatic carbocycles. The second kappa shape index (κ2) is 6.29. The van der Waals surface area contributed by atoms with Crippen molar-refractivity contribution in [2.45, 2.75) is 17.1 Å². The molecule has 2 atom stereocenters. The van der Waals surface area contributed by atoms with Crippen LogP contribution in [0.1, 0.15) is 6.92 Å². The number of hydrogen-bond acceptors (Lipinski definition) is 4. The van der Waals surface area contributed by atoms with Crippen LogP contribution in [0.4, 0.5) is 10.1 Å². The number of hydrogen-bond donors (Lipinski definition) is 2. The Morgan fingerprint density at radius 2 is 2.11 bits per heavy atom. The lowest BCUT2D eigenvalue weighted by Crippen LogP contribution is -2.32. The third kappa shape index (κ3) is 4.23. The number of anilines is 1. The van der Waals surface area contributed by atoms with Gasteiger partial charge in [0, 0.05) is 33.3 Å². The van der Waals surface area contributed by atoms with Crippen molar-refractivity contribution < 1.29 is 17.0 Å². The summed E-state index contributed by atoms with van der Waals surface area (Å²) in [7, 11) is -4.97. The van der Waals surface area contributed by atoms with E-state index in [9.17, 15) is 17.0 Å². The van der Waals surface area contributed by atoms with Crippen molar-refractivity contribution in [3.8, 4) is 0 Å². The Kier molecular flexibility index (Phi) is 5.48. The zero-order chi connectivity index (χ0) is 14.8. The third-order valence-corrected chi connectivity index (χ3v) is 6.15. The van der Waals surface area contributed by atoms with Gasteiger partial charge in [0.1, 0.15) is 5.82 Å². The van der Waals surface area contributed by atoms with Crippen molar-refractivity contribution in [1.29, 1.82) is 0 Å². The van der Waals surface area contributed by atoms with Gasteiger partial charge < -0.3 is 5.73 Å². The zero-order valence-electron chi connectivity index (χ0n) is 10.3. The summed E-state index contributed by atoms with van der Waals surface area (Å²) in [5.41, 5.74) is 5.10. The molecule has 0 aromatic heterocycles. The Balaban J connectivity index is 3.01. The molecule has 0 bridgehead atoms. The monoisotopic (exact) mass is 372 g/mol. The van der Waals surface area contributed by atoms with Gasteiger partial charge in [-0.25, -0.2) is 17.5 Å². The lowest BCUT2D eigenvalue weighted by atomic mass is 10.3. The maximum Gasteiger partial charge on any atom is 0.241 e. The van der Waals surface area contributed by atoms with E-state index in [2.05, 4.69) is 20.7 Å². The Morgan fingerprint density at radius 1 is 1.53 bits per heavy atom. The third-order valence-electron chi connectivity index (χ3n) is 2.47. The maximum atomic E-state index is 13.2. The predicted molar refractivity (Wildman–Crippen MR) is 77.2 cm³/mol. The van der Waals surface area contributed by atoms with Crippen LogP contribution in [0.15, 0.2) is 21.5 Å². The summed E-state index contributed by atoms with van der Waals surface area (Å²) >= 11 is 2.98. The molecule has 2 unspecified atom stereocenters. The second-order valence-corrected chi connectivity index (χ2v) is 8.36. The normalized spacial score (nSPS) is 15.2. The molecule has 0 heterocycles. The minimum Gasteiger partial charge on any atom is -0.396 e. The molecule has 0 spiro atoms. The molecular weight excluding hydrogens is 359 g/mol. The van der Waals surface area contributed by atoms with E-state index in [0.29, 0.717) is 0 Å². The minimum absolute atomic E-state index is 0.0230. The van der Waals surface area contributed by atoms with Gasteiger partial charge in [-0.05, 0) is 35.0 Å². The van der Waals surface area contributed by atoms with Crippen molar-refractivity contribution >= 4 is 42.4 Å². The number of nitrogens with two attached hydrogens (primary N) is 1. The highest BCUT2D eigenvalue weighted by Gasteiger charge is 2.21. The molecule has 1 rings (SSSR count). The molecule has 1 aromatic rings. The lowest BCUT2D eigenvalue weighted by molar-refractivity contribution is 0.579. The van der Waals surface area contributed by atoms with Gasteiger partial charge in [0.2, 0.25) is 10.0 Å². The quantitative estimate of drug-likeness (QED) is 0.760. The van der Waals surface area contributed by atoms with Crippen LogP contribution in [0, 0.1) is 5.82 Å². The Bertz CT molecular complexity index is 607. The molecule has 108 valence electrons. The summed E-state index contributed by atoms with van der Waals surface area (Å²) in [6, 6.07) is 2.03. The van der Waals surface area contributed by atoms with Crippen molar-refractivity contribution in [2.24, 2.45) is 0 Å². The van der Waals surface area contributed by atoms with E-state index in [1.54, 1.807) is 6.92 Å². The molecule has 0 saturated heterocycles. The summed E-state index contributed by atoms with van der Waals surface area (Å²) in [6.45, 7) is 1.68. The summed E-state index contributed by atoms with van der Waals surface area (Å²) in [5.74, 6) is -0.700. The van der Waals surface area contributed by atoms with E-state index in [1.807, 2.05) is 0 Å². The van der Waals surface area contributed by atoms with Crippen molar-refractivity contribution in [3.05, 3.63) is 22.4 Å². The van der Waals surface area contributed by atoms with Crippen LogP contribution in [0.5, 0.6) is 0 Å². The van der Waals surface area contributed by atoms with Crippen LogP contribution in [0.2, 0.25) is 0 Å². The fourth-order valence-electron chi connectivity index (χ4n) is 1.17. The first-order valence-electron chi connectivity index (χ1n) is 5.21. The highest BCUT2D eigenvalue weighted by Crippen LogP contribution is 2.26. The number of halogens is 2. The first-order chi connectivity index (χ1) is 8.65. The van der Waals surface area contributed by atoms with E-state index < -0.39 is 26.6 Å². The van der Waals surface area contributed by atoms with Gasteiger partial charge in [0.15, 0.2) is 0 Å². The van der Waals surface area contributed by atoms with Crippen molar-refractivity contribution in [2.75, 3.05) is 18.5 Å². The van der Waals surface area contributed by atoms with E-state index in [-0.39, 0.29) is 26.9 Å². The molecular formula is C10H14BrFN2O3S2. The molecule has 0 fully saturated rings. The molecule has 5 nitrogen and oxygen atoms in total. The minimum atomic E-state index is -3.84. The summed E-state index contributed by atoms with van der Waals surface area (Å²) < 4.78 is 50.8. The van der Waals surface area contributed by atoms with Gasteiger partial charge in [0.25, 0.3) is 0 Å². The van der Waals surface area contributed by atoms with Crippen LogP contribution in [0.25, 0.3) is 0 Å². The number of nitrogen functional groups attached to an aromatic ring is 1. The highest BCUT2D eigenvalue weighted by molar-refractivity contribution is 9.10. The molecule has 0 aliphatic rings. The molecule has 0 amide bonds. The predicted octanol–water partition coefficient (Wildman–Crippen LogP) is 1.22. The Labute approximate surface area is 122 Å². The summed E-state index contributed by atoms with van der Waals surface area (Å²) in [6.07, 6.45) is 1.49. The largest absolute Gasteiger partial charge is 0.396 e. The average molecular weight is 373 g/mol. The maximum absolute atomic E-state index is 13.2. The molecule has 0 saturated carbocycles. The van der Waals surface area contributed by atoms with E-state index in [1.165, 1.54) is 6.26 Å². The van der Waals surface area contributed by atoms with Crippen LogP contribution in [0.3, 0.4) is 0 Å². The Morgan fingerprint density at radius 3 is 2.63 bits per heavy atom. The van der Waals surface area contributed by atoms with Gasteiger partial charge in [-0.2, -0.15) is 0 Å². The first-order valence-corrected chi connectivity index (χ1v) is 9.11.